The molecule has 0 spiro atoms. The molecule has 1 N–H and O–H groups in total. The molecule has 2 aromatic heterocycles. The number of aromatic nitrogens is 3. The molecule has 146 valence electrons. The third-order valence-corrected chi connectivity index (χ3v) is 5.60. The van der Waals surface area contributed by atoms with Crippen LogP contribution >= 0.6 is 0 Å². The van der Waals surface area contributed by atoms with Crippen LogP contribution in [0.1, 0.15) is 23.2 Å². The second-order valence-electron chi connectivity index (χ2n) is 7.35. The average molecular weight is 381 g/mol. The van der Waals surface area contributed by atoms with Gasteiger partial charge in [-0.25, -0.2) is 9.67 Å². The number of piperazine rings is 1. The fourth-order valence-electron chi connectivity index (χ4n) is 3.93. The van der Waals surface area contributed by atoms with Crippen LogP contribution in [0.5, 0.6) is 0 Å². The third kappa shape index (κ3) is 3.53. The van der Waals surface area contributed by atoms with Crippen LogP contribution in [0.25, 0.3) is 5.82 Å². The summed E-state index contributed by atoms with van der Waals surface area (Å²) in [6.45, 7) is 4.04. The van der Waals surface area contributed by atoms with E-state index >= 15 is 0 Å². The first-order valence-corrected chi connectivity index (χ1v) is 9.12. The van der Waals surface area contributed by atoms with E-state index in [1.54, 1.807) is 0 Å². The highest BCUT2D eigenvalue weighted by atomic mass is 19.4. The van der Waals surface area contributed by atoms with Crippen molar-refractivity contribution in [1.82, 2.24) is 24.6 Å². The van der Waals surface area contributed by atoms with Gasteiger partial charge in [0.05, 0.1) is 5.56 Å². The van der Waals surface area contributed by atoms with Crippen molar-refractivity contribution in [1.29, 1.82) is 0 Å². The van der Waals surface area contributed by atoms with Gasteiger partial charge in [0.25, 0.3) is 5.56 Å². The van der Waals surface area contributed by atoms with Crippen LogP contribution in [-0.4, -0.2) is 63.8 Å². The minimum Gasteiger partial charge on any atom is -0.304 e. The second kappa shape index (κ2) is 6.79. The largest absolute Gasteiger partial charge is 0.417 e. The van der Waals surface area contributed by atoms with Gasteiger partial charge in [-0.2, -0.15) is 13.2 Å². The molecule has 3 heterocycles. The minimum absolute atomic E-state index is 0.179. The zero-order valence-corrected chi connectivity index (χ0v) is 15.1. The first kappa shape index (κ1) is 18.2. The fourth-order valence-corrected chi connectivity index (χ4v) is 3.93. The highest BCUT2D eigenvalue weighted by Crippen LogP contribution is 2.29. The van der Waals surface area contributed by atoms with E-state index in [-0.39, 0.29) is 11.4 Å². The monoisotopic (exact) mass is 381 g/mol. The lowest BCUT2D eigenvalue weighted by Gasteiger charge is -2.39. The van der Waals surface area contributed by atoms with Gasteiger partial charge < -0.3 is 4.90 Å². The summed E-state index contributed by atoms with van der Waals surface area (Å²) in [6.07, 6.45) is -1.29. The zero-order valence-electron chi connectivity index (χ0n) is 15.1. The minimum atomic E-state index is -4.44. The Morgan fingerprint density at radius 3 is 2.56 bits per heavy atom. The van der Waals surface area contributed by atoms with Gasteiger partial charge in [-0.1, -0.05) is 0 Å². The lowest BCUT2D eigenvalue weighted by atomic mass is 9.92. The molecule has 2 aromatic rings. The number of aromatic amines is 1. The van der Waals surface area contributed by atoms with Gasteiger partial charge >= 0.3 is 6.18 Å². The van der Waals surface area contributed by atoms with Gasteiger partial charge in [0.2, 0.25) is 0 Å². The van der Waals surface area contributed by atoms with Gasteiger partial charge in [-0.3, -0.25) is 14.8 Å². The van der Waals surface area contributed by atoms with Crippen molar-refractivity contribution in [3.05, 3.63) is 45.5 Å². The van der Waals surface area contributed by atoms with Crippen LogP contribution in [0, 0.1) is 0 Å². The van der Waals surface area contributed by atoms with Gasteiger partial charge in [0.1, 0.15) is 0 Å². The van der Waals surface area contributed by atoms with Crippen LogP contribution < -0.4 is 5.56 Å². The van der Waals surface area contributed by atoms with E-state index in [4.69, 9.17) is 0 Å². The topological polar surface area (TPSA) is 57.2 Å². The van der Waals surface area contributed by atoms with Crippen LogP contribution in [0.4, 0.5) is 13.2 Å². The van der Waals surface area contributed by atoms with Crippen molar-refractivity contribution in [2.45, 2.75) is 31.5 Å². The van der Waals surface area contributed by atoms with Crippen molar-refractivity contribution in [2.24, 2.45) is 0 Å². The number of halogens is 3. The summed E-state index contributed by atoms with van der Waals surface area (Å²) >= 11 is 0. The summed E-state index contributed by atoms with van der Waals surface area (Å²) in [7, 11) is 2.11. The maximum atomic E-state index is 12.8. The number of rotatable bonds is 2. The first-order valence-electron chi connectivity index (χ1n) is 9.12. The van der Waals surface area contributed by atoms with Crippen molar-refractivity contribution < 1.29 is 13.2 Å². The van der Waals surface area contributed by atoms with Crippen molar-refractivity contribution in [3.8, 4) is 5.82 Å². The highest BCUT2D eigenvalue weighted by molar-refractivity contribution is 5.31. The van der Waals surface area contributed by atoms with E-state index in [2.05, 4.69) is 26.9 Å². The van der Waals surface area contributed by atoms with Gasteiger partial charge in [-0.15, -0.1) is 0 Å². The molecular weight excluding hydrogens is 359 g/mol. The fraction of sp³-hybridized carbons (Fsp3) is 0.556. The maximum absolute atomic E-state index is 12.8. The van der Waals surface area contributed by atoms with E-state index in [0.29, 0.717) is 12.5 Å². The molecule has 0 bridgehead atoms. The molecule has 6 nitrogen and oxygen atoms in total. The number of H-pyrrole nitrogens is 1. The third-order valence-electron chi connectivity index (χ3n) is 5.60. The van der Waals surface area contributed by atoms with E-state index < -0.39 is 11.7 Å². The van der Waals surface area contributed by atoms with Crippen LogP contribution in [0.2, 0.25) is 0 Å². The Hall–Kier alpha value is -2.13. The molecule has 0 radical (unpaired) electrons. The number of pyridine rings is 1. The lowest BCUT2D eigenvalue weighted by molar-refractivity contribution is -0.137. The molecule has 27 heavy (non-hydrogen) atoms. The predicted octanol–water partition coefficient (Wildman–Crippen LogP) is 1.68. The number of nitrogens with one attached hydrogen (secondary N) is 1. The number of nitrogens with zero attached hydrogens (tertiary/aromatic N) is 4. The highest BCUT2D eigenvalue weighted by Gasteiger charge is 2.32. The summed E-state index contributed by atoms with van der Waals surface area (Å²) in [4.78, 5) is 21.4. The van der Waals surface area contributed by atoms with Crippen molar-refractivity contribution in [3.63, 3.8) is 0 Å². The van der Waals surface area contributed by atoms with E-state index in [1.807, 2.05) is 0 Å². The SMILES string of the molecule is CN1CCN(C2CCc3[nH]n(-c4ccc(C(F)(F)F)cn4)c(=O)c3C2)CC1. The molecule has 1 atom stereocenters. The van der Waals surface area contributed by atoms with Crippen LogP contribution in [0.3, 0.4) is 0 Å². The van der Waals surface area contributed by atoms with Crippen LogP contribution in [-0.2, 0) is 19.0 Å². The molecule has 0 saturated carbocycles. The smallest absolute Gasteiger partial charge is 0.304 e. The number of hydrogen-bond acceptors (Lipinski definition) is 4. The molecule has 1 aliphatic carbocycles. The molecule has 4 rings (SSSR count). The summed E-state index contributed by atoms with van der Waals surface area (Å²) in [5.41, 5.74) is 0.556. The summed E-state index contributed by atoms with van der Waals surface area (Å²) in [6, 6.07) is 2.51. The molecular formula is C18H22F3N5O. The first-order chi connectivity index (χ1) is 12.8. The zero-order chi connectivity index (χ0) is 19.2. The molecule has 1 fully saturated rings. The quantitative estimate of drug-likeness (QED) is 0.860. The maximum Gasteiger partial charge on any atom is 0.417 e. The molecule has 1 aliphatic heterocycles. The average Bonchev–Trinajstić information content (AvgIpc) is 2.98. The number of fused-ring (bicyclic) bond motifs is 1. The standard InChI is InChI=1S/C18H22F3N5O/c1-24-6-8-25(9-7-24)13-3-4-15-14(10-13)17(27)26(23-15)16-5-2-12(11-22-16)18(19,20)21/h2,5,11,13,23H,3-4,6-10H2,1H3. The number of hydrogen-bond donors (Lipinski definition) is 1. The van der Waals surface area contributed by atoms with Gasteiger partial charge in [0.15, 0.2) is 5.82 Å². The Morgan fingerprint density at radius 1 is 1.19 bits per heavy atom. The Kier molecular flexibility index (Phi) is 4.59. The normalized spacial score (nSPS) is 22.0. The second-order valence-corrected chi connectivity index (χ2v) is 7.35. The van der Waals surface area contributed by atoms with Crippen molar-refractivity contribution >= 4 is 0 Å². The molecule has 0 amide bonds. The van der Waals surface area contributed by atoms with E-state index in [9.17, 15) is 18.0 Å². The summed E-state index contributed by atoms with van der Waals surface area (Å²) in [5.74, 6) is 0.179. The lowest BCUT2D eigenvalue weighted by Crippen LogP contribution is -2.50. The van der Waals surface area contributed by atoms with Crippen molar-refractivity contribution in [2.75, 3.05) is 33.2 Å². The molecule has 1 saturated heterocycles. The summed E-state index contributed by atoms with van der Waals surface area (Å²) < 4.78 is 39.4. The number of alkyl halides is 3. The molecule has 2 aliphatic rings. The molecule has 0 aromatic carbocycles. The number of aryl methyl sites for hydroxylation is 1. The Bertz CT molecular complexity index is 863. The summed E-state index contributed by atoms with van der Waals surface area (Å²) in [5, 5.41) is 3.04. The van der Waals surface area contributed by atoms with Gasteiger partial charge in [0, 0.05) is 49.7 Å². The van der Waals surface area contributed by atoms with E-state index in [1.165, 1.54) is 10.7 Å². The van der Waals surface area contributed by atoms with E-state index in [0.717, 1.165) is 62.5 Å². The predicted molar refractivity (Wildman–Crippen MR) is 94.1 cm³/mol. The Morgan fingerprint density at radius 2 is 1.93 bits per heavy atom. The Labute approximate surface area is 154 Å². The number of likely N-dealkylation sites (N-methyl/N-ethyl adjacent to an activating group) is 1. The Balaban J connectivity index is 1.56. The van der Waals surface area contributed by atoms with Crippen LogP contribution in [0.15, 0.2) is 23.1 Å². The molecule has 1 unspecified atom stereocenters. The van der Waals surface area contributed by atoms with Gasteiger partial charge in [-0.05, 0) is 38.4 Å². The molecule has 9 heteroatoms.